The van der Waals surface area contributed by atoms with Crippen LogP contribution in [-0.4, -0.2) is 37.0 Å². The average Bonchev–Trinajstić information content (AvgIpc) is 2.21. The van der Waals surface area contributed by atoms with Crippen LogP contribution in [-0.2, 0) is 4.79 Å². The number of carbonyl (C=O) groups excluding carboxylic acids is 1. The van der Waals surface area contributed by atoms with Crippen LogP contribution in [0.1, 0.15) is 19.8 Å². The monoisotopic (exact) mass is 216 g/mol. The van der Waals surface area contributed by atoms with Gasteiger partial charge in [-0.2, -0.15) is 11.8 Å². The number of piperidine rings is 1. The smallest absolute Gasteiger partial charge is 0.233 e. The van der Waals surface area contributed by atoms with Gasteiger partial charge >= 0.3 is 0 Å². The third-order valence-electron chi connectivity index (χ3n) is 2.68. The summed E-state index contributed by atoms with van der Waals surface area (Å²) in [6.07, 6.45) is 4.28. The molecular formula is C10H20N2OS. The molecule has 1 amide bonds. The van der Waals surface area contributed by atoms with E-state index in [0.717, 1.165) is 32.5 Å². The number of hydrogen-bond acceptors (Lipinski definition) is 3. The first kappa shape index (κ1) is 11.9. The van der Waals surface area contributed by atoms with Crippen LogP contribution in [0.2, 0.25) is 0 Å². The molecule has 0 spiro atoms. The molecule has 1 fully saturated rings. The molecule has 1 aliphatic rings. The molecule has 1 saturated heterocycles. The summed E-state index contributed by atoms with van der Waals surface area (Å²) in [6, 6.07) is 0. The molecule has 1 atom stereocenters. The normalized spacial score (nSPS) is 20.4. The fourth-order valence-electron chi connectivity index (χ4n) is 1.94. The first-order valence-corrected chi connectivity index (χ1v) is 6.59. The predicted octanol–water partition coefficient (Wildman–Crippen LogP) is 0.854. The molecule has 82 valence electrons. The molecule has 3 nitrogen and oxygen atoms in total. The minimum atomic E-state index is 0.150. The maximum atomic E-state index is 11.7. The lowest BCUT2D eigenvalue weighted by molar-refractivity contribution is -0.121. The molecule has 1 unspecified atom stereocenters. The zero-order chi connectivity index (χ0) is 10.4. The molecule has 1 aliphatic heterocycles. The molecular weight excluding hydrogens is 196 g/mol. The lowest BCUT2D eigenvalue weighted by atomic mass is 9.94. The van der Waals surface area contributed by atoms with Crippen LogP contribution < -0.4 is 10.6 Å². The highest BCUT2D eigenvalue weighted by Crippen LogP contribution is 2.25. The Morgan fingerprint density at radius 2 is 2.21 bits per heavy atom. The van der Waals surface area contributed by atoms with E-state index in [-0.39, 0.29) is 11.2 Å². The standard InChI is InChI=1S/C10H20N2OS/c1-3-12-10(13)9(14-2)8-4-6-11-7-5-8/h8-9,11H,3-7H2,1-2H3,(H,12,13). The Hall–Kier alpha value is -0.220. The van der Waals surface area contributed by atoms with Crippen molar-refractivity contribution >= 4 is 17.7 Å². The van der Waals surface area contributed by atoms with E-state index in [4.69, 9.17) is 0 Å². The van der Waals surface area contributed by atoms with Crippen molar-refractivity contribution in [1.29, 1.82) is 0 Å². The van der Waals surface area contributed by atoms with E-state index in [1.807, 2.05) is 13.2 Å². The summed E-state index contributed by atoms with van der Waals surface area (Å²) >= 11 is 1.68. The second-order valence-corrected chi connectivity index (χ2v) is 4.62. The molecule has 0 aromatic carbocycles. The van der Waals surface area contributed by atoms with Crippen LogP contribution in [0.4, 0.5) is 0 Å². The Balaban J connectivity index is 2.46. The van der Waals surface area contributed by atoms with E-state index in [1.165, 1.54) is 0 Å². The van der Waals surface area contributed by atoms with Crippen molar-refractivity contribution in [2.75, 3.05) is 25.9 Å². The predicted molar refractivity (Wildman–Crippen MR) is 61.6 cm³/mol. The van der Waals surface area contributed by atoms with Crippen LogP contribution in [0, 0.1) is 5.92 Å². The van der Waals surface area contributed by atoms with Crippen molar-refractivity contribution in [3.8, 4) is 0 Å². The summed E-state index contributed by atoms with van der Waals surface area (Å²) < 4.78 is 0. The van der Waals surface area contributed by atoms with Crippen LogP contribution >= 0.6 is 11.8 Å². The van der Waals surface area contributed by atoms with Gasteiger partial charge in [0, 0.05) is 6.54 Å². The van der Waals surface area contributed by atoms with E-state index in [9.17, 15) is 4.79 Å². The van der Waals surface area contributed by atoms with Gasteiger partial charge in [0.15, 0.2) is 0 Å². The molecule has 0 radical (unpaired) electrons. The summed E-state index contributed by atoms with van der Waals surface area (Å²) in [4.78, 5) is 11.7. The highest BCUT2D eigenvalue weighted by atomic mass is 32.2. The summed E-state index contributed by atoms with van der Waals surface area (Å²) in [5, 5.41) is 6.39. The maximum Gasteiger partial charge on any atom is 0.233 e. The Labute approximate surface area is 90.4 Å². The van der Waals surface area contributed by atoms with E-state index < -0.39 is 0 Å². The molecule has 1 heterocycles. The molecule has 0 aromatic rings. The topological polar surface area (TPSA) is 41.1 Å². The molecule has 0 aliphatic carbocycles. The highest BCUT2D eigenvalue weighted by molar-refractivity contribution is 7.99. The van der Waals surface area contributed by atoms with Gasteiger partial charge in [-0.05, 0) is 45.0 Å². The molecule has 0 aromatic heterocycles. The number of carbonyl (C=O) groups is 1. The lowest BCUT2D eigenvalue weighted by Crippen LogP contribution is -2.41. The molecule has 1 rings (SSSR count). The van der Waals surface area contributed by atoms with Gasteiger partial charge in [0.1, 0.15) is 0 Å². The molecule has 0 saturated carbocycles. The Morgan fingerprint density at radius 1 is 1.57 bits per heavy atom. The zero-order valence-corrected chi connectivity index (χ0v) is 9.82. The summed E-state index contributed by atoms with van der Waals surface area (Å²) in [5.41, 5.74) is 0. The quantitative estimate of drug-likeness (QED) is 0.732. The van der Waals surface area contributed by atoms with Crippen molar-refractivity contribution < 1.29 is 4.79 Å². The Bertz CT molecular complexity index is 181. The van der Waals surface area contributed by atoms with Crippen LogP contribution in [0.15, 0.2) is 0 Å². The minimum Gasteiger partial charge on any atom is -0.355 e. The lowest BCUT2D eigenvalue weighted by Gasteiger charge is -2.28. The Morgan fingerprint density at radius 3 is 2.71 bits per heavy atom. The number of amides is 1. The van der Waals surface area contributed by atoms with Crippen LogP contribution in [0.25, 0.3) is 0 Å². The number of nitrogens with one attached hydrogen (secondary N) is 2. The fourth-order valence-corrected chi connectivity index (χ4v) is 2.89. The van der Waals surface area contributed by atoms with E-state index in [1.54, 1.807) is 11.8 Å². The van der Waals surface area contributed by atoms with Gasteiger partial charge in [-0.15, -0.1) is 0 Å². The van der Waals surface area contributed by atoms with E-state index in [0.29, 0.717) is 5.92 Å². The number of thioether (sulfide) groups is 1. The summed E-state index contributed by atoms with van der Waals surface area (Å²) in [5.74, 6) is 0.768. The van der Waals surface area contributed by atoms with Crippen molar-refractivity contribution in [2.45, 2.75) is 25.0 Å². The first-order valence-electron chi connectivity index (χ1n) is 5.30. The van der Waals surface area contributed by atoms with Crippen LogP contribution in [0.5, 0.6) is 0 Å². The van der Waals surface area contributed by atoms with Crippen molar-refractivity contribution in [1.82, 2.24) is 10.6 Å². The molecule has 2 N–H and O–H groups in total. The molecule has 14 heavy (non-hydrogen) atoms. The number of rotatable bonds is 4. The second-order valence-electron chi connectivity index (χ2n) is 3.64. The van der Waals surface area contributed by atoms with Crippen LogP contribution in [0.3, 0.4) is 0 Å². The second kappa shape index (κ2) is 6.30. The van der Waals surface area contributed by atoms with E-state index in [2.05, 4.69) is 10.6 Å². The van der Waals surface area contributed by atoms with Gasteiger partial charge in [-0.1, -0.05) is 0 Å². The van der Waals surface area contributed by atoms with Gasteiger partial charge in [-0.3, -0.25) is 4.79 Å². The van der Waals surface area contributed by atoms with E-state index >= 15 is 0 Å². The first-order chi connectivity index (χ1) is 6.79. The number of hydrogen-bond donors (Lipinski definition) is 2. The van der Waals surface area contributed by atoms with Crippen molar-refractivity contribution in [3.05, 3.63) is 0 Å². The van der Waals surface area contributed by atoms with Gasteiger partial charge in [0.05, 0.1) is 5.25 Å². The summed E-state index contributed by atoms with van der Waals surface area (Å²) in [6.45, 7) is 4.82. The largest absolute Gasteiger partial charge is 0.355 e. The Kier molecular flexibility index (Phi) is 5.33. The van der Waals surface area contributed by atoms with Gasteiger partial charge < -0.3 is 10.6 Å². The van der Waals surface area contributed by atoms with Gasteiger partial charge in [-0.25, -0.2) is 0 Å². The third kappa shape index (κ3) is 3.17. The fraction of sp³-hybridized carbons (Fsp3) is 0.900. The average molecular weight is 216 g/mol. The molecule has 0 bridgehead atoms. The SMILES string of the molecule is CCNC(=O)C(SC)C1CCNCC1. The van der Waals surface area contributed by atoms with Gasteiger partial charge in [0.25, 0.3) is 0 Å². The third-order valence-corrected chi connectivity index (χ3v) is 3.78. The van der Waals surface area contributed by atoms with Crippen molar-refractivity contribution in [2.24, 2.45) is 5.92 Å². The zero-order valence-electron chi connectivity index (χ0n) is 9.01. The maximum absolute atomic E-state index is 11.7. The van der Waals surface area contributed by atoms with Crippen molar-refractivity contribution in [3.63, 3.8) is 0 Å². The summed E-state index contributed by atoms with van der Waals surface area (Å²) in [7, 11) is 0. The van der Waals surface area contributed by atoms with Gasteiger partial charge in [0.2, 0.25) is 5.91 Å². The minimum absolute atomic E-state index is 0.150. The molecule has 4 heteroatoms. The highest BCUT2D eigenvalue weighted by Gasteiger charge is 2.28.